The maximum Gasteiger partial charge on any atom is 0.259 e. The van der Waals surface area contributed by atoms with Crippen LogP contribution in [0.15, 0.2) is 52.9 Å². The van der Waals surface area contributed by atoms with Crippen LogP contribution in [0.2, 0.25) is 10.0 Å². The van der Waals surface area contributed by atoms with E-state index in [1.54, 1.807) is 50.4 Å². The summed E-state index contributed by atoms with van der Waals surface area (Å²) in [7, 11) is 1.55. The van der Waals surface area contributed by atoms with Crippen molar-refractivity contribution in [2.45, 2.75) is 6.92 Å². The molecule has 0 unspecified atom stereocenters. The van der Waals surface area contributed by atoms with Crippen molar-refractivity contribution in [3.8, 4) is 17.1 Å². The Bertz CT molecular complexity index is 934. The molecule has 3 aromatic rings. The lowest BCUT2D eigenvalue weighted by atomic mass is 10.1. The molecule has 0 radical (unpaired) electrons. The molecule has 25 heavy (non-hydrogen) atoms. The number of methoxy groups -OCH3 is 1. The van der Waals surface area contributed by atoms with E-state index in [0.29, 0.717) is 44.1 Å². The number of nitrogens with one attached hydrogen (secondary N) is 1. The molecule has 1 heterocycles. The van der Waals surface area contributed by atoms with Gasteiger partial charge in [-0.3, -0.25) is 4.79 Å². The van der Waals surface area contributed by atoms with Crippen molar-refractivity contribution in [1.29, 1.82) is 0 Å². The van der Waals surface area contributed by atoms with Crippen LogP contribution in [0.4, 0.5) is 5.69 Å². The van der Waals surface area contributed by atoms with Crippen LogP contribution < -0.4 is 10.1 Å². The van der Waals surface area contributed by atoms with Crippen LogP contribution in [0.25, 0.3) is 11.3 Å². The first-order valence-corrected chi connectivity index (χ1v) is 8.25. The number of carbonyl (C=O) groups is 1. The molecule has 3 rings (SSSR count). The van der Waals surface area contributed by atoms with Gasteiger partial charge in [0.2, 0.25) is 0 Å². The third-order valence-electron chi connectivity index (χ3n) is 3.71. The first kappa shape index (κ1) is 17.4. The minimum absolute atomic E-state index is 0.290. The van der Waals surface area contributed by atoms with Crippen LogP contribution in [-0.2, 0) is 0 Å². The fourth-order valence-electron chi connectivity index (χ4n) is 2.47. The molecule has 0 aliphatic rings. The van der Waals surface area contributed by atoms with Crippen molar-refractivity contribution in [3.05, 3.63) is 69.9 Å². The molecule has 4 nitrogen and oxygen atoms in total. The van der Waals surface area contributed by atoms with E-state index in [1.165, 1.54) is 0 Å². The molecule has 1 N–H and O–H groups in total. The number of furan rings is 1. The number of aryl methyl sites for hydroxylation is 1. The van der Waals surface area contributed by atoms with Gasteiger partial charge in [0.25, 0.3) is 5.91 Å². The van der Waals surface area contributed by atoms with Gasteiger partial charge in [-0.2, -0.15) is 0 Å². The first-order chi connectivity index (χ1) is 12.0. The molecule has 0 saturated heterocycles. The highest BCUT2D eigenvalue weighted by atomic mass is 35.5. The number of carbonyl (C=O) groups excluding carboxylic acids is 1. The molecule has 128 valence electrons. The van der Waals surface area contributed by atoms with Gasteiger partial charge in [-0.25, -0.2) is 0 Å². The van der Waals surface area contributed by atoms with Crippen LogP contribution >= 0.6 is 23.2 Å². The van der Waals surface area contributed by atoms with Crippen LogP contribution in [0.3, 0.4) is 0 Å². The Balaban J connectivity index is 1.91. The zero-order valence-electron chi connectivity index (χ0n) is 13.6. The number of amides is 1. The summed E-state index contributed by atoms with van der Waals surface area (Å²) in [5, 5.41) is 3.82. The average Bonchev–Trinajstić information content (AvgIpc) is 2.97. The third kappa shape index (κ3) is 3.65. The van der Waals surface area contributed by atoms with Gasteiger partial charge < -0.3 is 14.5 Å². The number of hydrogen-bond acceptors (Lipinski definition) is 3. The van der Waals surface area contributed by atoms with Crippen molar-refractivity contribution < 1.29 is 13.9 Å². The third-order valence-corrected chi connectivity index (χ3v) is 4.26. The maximum absolute atomic E-state index is 12.6. The Morgan fingerprint density at radius 1 is 1.12 bits per heavy atom. The zero-order valence-corrected chi connectivity index (χ0v) is 15.1. The second-order valence-electron chi connectivity index (χ2n) is 5.36. The van der Waals surface area contributed by atoms with E-state index >= 15 is 0 Å². The summed E-state index contributed by atoms with van der Waals surface area (Å²) in [4.78, 5) is 12.6. The highest BCUT2D eigenvalue weighted by Crippen LogP contribution is 2.33. The largest absolute Gasteiger partial charge is 0.495 e. The van der Waals surface area contributed by atoms with Crippen LogP contribution in [0.5, 0.6) is 5.75 Å². The van der Waals surface area contributed by atoms with E-state index in [2.05, 4.69) is 5.32 Å². The zero-order chi connectivity index (χ0) is 18.0. The normalized spacial score (nSPS) is 10.6. The minimum Gasteiger partial charge on any atom is -0.495 e. The number of rotatable bonds is 4. The molecule has 0 spiro atoms. The van der Waals surface area contributed by atoms with Crippen molar-refractivity contribution in [3.63, 3.8) is 0 Å². The van der Waals surface area contributed by atoms with Gasteiger partial charge in [-0.05, 0) is 43.3 Å². The molecule has 0 saturated carbocycles. The van der Waals surface area contributed by atoms with Gasteiger partial charge in [0, 0.05) is 10.6 Å². The number of hydrogen-bond donors (Lipinski definition) is 1. The molecule has 0 fully saturated rings. The second kappa shape index (κ2) is 7.21. The predicted octanol–water partition coefficient (Wildman–Crippen LogP) is 5.82. The molecule has 0 bridgehead atoms. The topological polar surface area (TPSA) is 51.5 Å². The number of ether oxygens (including phenoxy) is 1. The Hall–Kier alpha value is -2.43. The molecular weight excluding hydrogens is 361 g/mol. The molecule has 0 aliphatic heterocycles. The van der Waals surface area contributed by atoms with Crippen molar-refractivity contribution in [1.82, 2.24) is 0 Å². The van der Waals surface area contributed by atoms with Gasteiger partial charge >= 0.3 is 0 Å². The summed E-state index contributed by atoms with van der Waals surface area (Å²) in [5.74, 6) is 1.29. The predicted molar refractivity (Wildman–Crippen MR) is 99.8 cm³/mol. The number of benzene rings is 2. The summed E-state index contributed by atoms with van der Waals surface area (Å²) >= 11 is 12.1. The van der Waals surface area contributed by atoms with Crippen LogP contribution in [-0.4, -0.2) is 13.0 Å². The smallest absolute Gasteiger partial charge is 0.259 e. The SMILES string of the molecule is COc1ccccc1NC(=O)c1cc(-c2ccc(Cl)cc2Cl)oc1C. The molecular formula is C19H15Cl2NO3. The standard InChI is InChI=1S/C19H15Cl2NO3/c1-11-14(19(23)22-16-5-3-4-6-17(16)24-2)10-18(25-11)13-8-7-12(20)9-15(13)21/h3-10H,1-2H3,(H,22,23). The lowest BCUT2D eigenvalue weighted by molar-refractivity contribution is 0.102. The molecule has 0 atom stereocenters. The highest BCUT2D eigenvalue weighted by Gasteiger charge is 2.18. The van der Waals surface area contributed by atoms with Gasteiger partial charge in [-0.15, -0.1) is 0 Å². The first-order valence-electron chi connectivity index (χ1n) is 7.50. The average molecular weight is 376 g/mol. The summed E-state index contributed by atoms with van der Waals surface area (Å²) < 4.78 is 11.0. The van der Waals surface area contributed by atoms with Gasteiger partial charge in [-0.1, -0.05) is 35.3 Å². The lowest BCUT2D eigenvalue weighted by Gasteiger charge is -2.09. The fraction of sp³-hybridized carbons (Fsp3) is 0.105. The Morgan fingerprint density at radius 3 is 2.60 bits per heavy atom. The molecule has 1 amide bonds. The molecule has 1 aromatic heterocycles. The van der Waals surface area contributed by atoms with E-state index in [4.69, 9.17) is 32.4 Å². The van der Waals surface area contributed by atoms with Crippen LogP contribution in [0.1, 0.15) is 16.1 Å². The van der Waals surface area contributed by atoms with Crippen molar-refractivity contribution in [2.75, 3.05) is 12.4 Å². The maximum atomic E-state index is 12.6. The molecule has 2 aromatic carbocycles. The van der Waals surface area contributed by atoms with Crippen molar-refractivity contribution in [2.24, 2.45) is 0 Å². The van der Waals surface area contributed by atoms with E-state index in [0.717, 1.165) is 0 Å². The number of halogens is 2. The van der Waals surface area contributed by atoms with Gasteiger partial charge in [0.1, 0.15) is 17.3 Å². The monoisotopic (exact) mass is 375 g/mol. The lowest BCUT2D eigenvalue weighted by Crippen LogP contribution is -2.12. The van der Waals surface area contributed by atoms with E-state index in [1.807, 2.05) is 12.1 Å². The van der Waals surface area contributed by atoms with E-state index < -0.39 is 0 Å². The van der Waals surface area contributed by atoms with Gasteiger partial charge in [0.15, 0.2) is 0 Å². The quantitative estimate of drug-likeness (QED) is 0.624. The molecule has 0 aliphatic carbocycles. The molecule has 6 heteroatoms. The van der Waals surface area contributed by atoms with E-state index in [-0.39, 0.29) is 5.91 Å². The second-order valence-corrected chi connectivity index (χ2v) is 6.20. The van der Waals surface area contributed by atoms with Gasteiger partial charge in [0.05, 0.1) is 23.4 Å². The summed E-state index contributed by atoms with van der Waals surface area (Å²) in [6, 6.07) is 14.0. The van der Waals surface area contributed by atoms with E-state index in [9.17, 15) is 4.79 Å². The van der Waals surface area contributed by atoms with Crippen molar-refractivity contribution >= 4 is 34.8 Å². The fourth-order valence-corrected chi connectivity index (χ4v) is 2.97. The Kier molecular flexibility index (Phi) is 5.02. The minimum atomic E-state index is -0.290. The van der Waals surface area contributed by atoms with Crippen LogP contribution in [0, 0.1) is 6.92 Å². The number of para-hydroxylation sites is 2. The Labute approximate surface area is 155 Å². The summed E-state index contributed by atoms with van der Waals surface area (Å²) in [6.07, 6.45) is 0. The Morgan fingerprint density at radius 2 is 1.88 bits per heavy atom. The number of anilines is 1. The highest BCUT2D eigenvalue weighted by molar-refractivity contribution is 6.36. The summed E-state index contributed by atoms with van der Waals surface area (Å²) in [6.45, 7) is 1.73. The summed E-state index contributed by atoms with van der Waals surface area (Å²) in [5.41, 5.74) is 1.68.